The SMILES string of the molecule is CCOC(=O)C1CN(C(=O)OC(C)(C)C)CC12CN(c1ncccn1)C2. The lowest BCUT2D eigenvalue weighted by Crippen LogP contribution is -2.62. The van der Waals surface area contributed by atoms with Gasteiger partial charge in [-0.05, 0) is 33.8 Å². The Morgan fingerprint density at radius 1 is 1.23 bits per heavy atom. The third-order valence-corrected chi connectivity index (χ3v) is 4.72. The van der Waals surface area contributed by atoms with E-state index in [0.717, 1.165) is 0 Å². The van der Waals surface area contributed by atoms with Crippen LogP contribution in [0.5, 0.6) is 0 Å². The van der Waals surface area contributed by atoms with E-state index >= 15 is 0 Å². The van der Waals surface area contributed by atoms with Crippen molar-refractivity contribution in [1.29, 1.82) is 0 Å². The number of likely N-dealkylation sites (tertiary alicyclic amines) is 1. The summed E-state index contributed by atoms with van der Waals surface area (Å²) in [6.45, 7) is 9.61. The van der Waals surface area contributed by atoms with Crippen molar-refractivity contribution in [2.45, 2.75) is 33.3 Å². The van der Waals surface area contributed by atoms with E-state index in [9.17, 15) is 9.59 Å². The standard InChI is InChI=1S/C18H26N4O4/c1-5-25-14(23)13-9-21(16(24)26-17(2,3)4)10-18(13)11-22(12-18)15-19-7-6-8-20-15/h6-8,13H,5,9-12H2,1-4H3. The van der Waals surface area contributed by atoms with E-state index in [0.29, 0.717) is 38.7 Å². The van der Waals surface area contributed by atoms with Crippen molar-refractivity contribution < 1.29 is 19.1 Å². The second-order valence-electron chi connectivity index (χ2n) is 7.93. The number of carbonyl (C=O) groups is 2. The summed E-state index contributed by atoms with van der Waals surface area (Å²) in [4.78, 5) is 37.1. The predicted molar refractivity (Wildman–Crippen MR) is 94.6 cm³/mol. The minimum absolute atomic E-state index is 0.257. The van der Waals surface area contributed by atoms with Gasteiger partial charge >= 0.3 is 12.1 Å². The molecule has 3 heterocycles. The highest BCUT2D eigenvalue weighted by molar-refractivity contribution is 5.78. The molecular formula is C18H26N4O4. The lowest BCUT2D eigenvalue weighted by atomic mass is 9.71. The van der Waals surface area contributed by atoms with Crippen LogP contribution in [-0.4, -0.2) is 65.3 Å². The Morgan fingerprint density at radius 2 is 1.88 bits per heavy atom. The number of hydrogen-bond acceptors (Lipinski definition) is 7. The Balaban J connectivity index is 1.74. The molecule has 8 nitrogen and oxygen atoms in total. The number of ether oxygens (including phenoxy) is 2. The number of esters is 1. The van der Waals surface area contributed by atoms with E-state index in [1.807, 2.05) is 25.7 Å². The topological polar surface area (TPSA) is 84.9 Å². The van der Waals surface area contributed by atoms with Gasteiger partial charge in [-0.15, -0.1) is 0 Å². The van der Waals surface area contributed by atoms with Crippen LogP contribution < -0.4 is 4.90 Å². The van der Waals surface area contributed by atoms with Crippen LogP contribution in [0.15, 0.2) is 18.5 Å². The van der Waals surface area contributed by atoms with Crippen LogP contribution in [0, 0.1) is 11.3 Å². The van der Waals surface area contributed by atoms with Crippen molar-refractivity contribution >= 4 is 18.0 Å². The molecule has 1 atom stereocenters. The summed E-state index contributed by atoms with van der Waals surface area (Å²) in [5.74, 6) is 0.0126. The van der Waals surface area contributed by atoms with Gasteiger partial charge in [0.15, 0.2) is 0 Å². The molecule has 1 spiro atoms. The van der Waals surface area contributed by atoms with E-state index in [-0.39, 0.29) is 17.3 Å². The third-order valence-electron chi connectivity index (χ3n) is 4.72. The smallest absolute Gasteiger partial charge is 0.410 e. The molecule has 0 aromatic carbocycles. The Hall–Kier alpha value is -2.38. The minimum Gasteiger partial charge on any atom is -0.466 e. The molecule has 2 saturated heterocycles. The molecule has 0 saturated carbocycles. The van der Waals surface area contributed by atoms with Gasteiger partial charge in [0.1, 0.15) is 5.60 Å². The van der Waals surface area contributed by atoms with Crippen molar-refractivity contribution in [2.24, 2.45) is 11.3 Å². The molecule has 3 rings (SSSR count). The molecule has 1 aromatic rings. The number of aromatic nitrogens is 2. The Labute approximate surface area is 153 Å². The van der Waals surface area contributed by atoms with Crippen molar-refractivity contribution in [3.63, 3.8) is 0 Å². The molecule has 1 aromatic heterocycles. The zero-order valence-electron chi connectivity index (χ0n) is 15.8. The zero-order valence-corrected chi connectivity index (χ0v) is 15.8. The number of rotatable bonds is 3. The van der Waals surface area contributed by atoms with Crippen molar-refractivity contribution in [3.8, 4) is 0 Å². The minimum atomic E-state index is -0.574. The van der Waals surface area contributed by atoms with Gasteiger partial charge in [0, 0.05) is 44.0 Å². The Bertz CT molecular complexity index is 668. The van der Waals surface area contributed by atoms with Gasteiger partial charge < -0.3 is 19.3 Å². The maximum absolute atomic E-state index is 12.5. The molecule has 2 aliphatic rings. The fourth-order valence-corrected chi connectivity index (χ4v) is 3.63. The first-order valence-corrected chi connectivity index (χ1v) is 8.91. The zero-order chi connectivity index (χ0) is 18.9. The lowest BCUT2D eigenvalue weighted by molar-refractivity contribution is -0.151. The van der Waals surface area contributed by atoms with Gasteiger partial charge in [-0.3, -0.25) is 4.79 Å². The molecule has 0 aliphatic carbocycles. The lowest BCUT2D eigenvalue weighted by Gasteiger charge is -2.49. The summed E-state index contributed by atoms with van der Waals surface area (Å²) in [6.07, 6.45) is 2.99. The molecular weight excluding hydrogens is 336 g/mol. The maximum atomic E-state index is 12.5. The quantitative estimate of drug-likeness (QED) is 0.757. The van der Waals surface area contributed by atoms with Crippen molar-refractivity contribution in [2.75, 3.05) is 37.7 Å². The van der Waals surface area contributed by atoms with E-state index in [2.05, 4.69) is 9.97 Å². The van der Waals surface area contributed by atoms with Gasteiger partial charge in [-0.1, -0.05) is 0 Å². The molecule has 0 bridgehead atoms. The summed E-state index contributed by atoms with van der Waals surface area (Å²) < 4.78 is 10.7. The van der Waals surface area contributed by atoms with Crippen LogP contribution in [-0.2, 0) is 14.3 Å². The van der Waals surface area contributed by atoms with Crippen LogP contribution >= 0.6 is 0 Å². The van der Waals surface area contributed by atoms with Crippen LogP contribution in [0.1, 0.15) is 27.7 Å². The van der Waals surface area contributed by atoms with Gasteiger partial charge in [0.05, 0.1) is 12.5 Å². The van der Waals surface area contributed by atoms with Gasteiger partial charge in [-0.25, -0.2) is 14.8 Å². The molecule has 1 amide bonds. The van der Waals surface area contributed by atoms with Crippen LogP contribution in [0.4, 0.5) is 10.7 Å². The number of carbonyl (C=O) groups excluding carboxylic acids is 2. The summed E-state index contributed by atoms with van der Waals surface area (Å²) in [7, 11) is 0. The van der Waals surface area contributed by atoms with Crippen LogP contribution in [0.25, 0.3) is 0 Å². The fraction of sp³-hybridized carbons (Fsp3) is 0.667. The van der Waals surface area contributed by atoms with E-state index in [4.69, 9.17) is 9.47 Å². The second-order valence-corrected chi connectivity index (χ2v) is 7.93. The largest absolute Gasteiger partial charge is 0.466 e. The highest BCUT2D eigenvalue weighted by Gasteiger charge is 2.59. The molecule has 2 aliphatic heterocycles. The average Bonchev–Trinajstić information content (AvgIpc) is 2.94. The molecule has 2 fully saturated rings. The Kier molecular flexibility index (Phi) is 4.77. The predicted octanol–water partition coefficient (Wildman–Crippen LogP) is 1.71. The Morgan fingerprint density at radius 3 is 2.46 bits per heavy atom. The van der Waals surface area contributed by atoms with Gasteiger partial charge in [-0.2, -0.15) is 0 Å². The van der Waals surface area contributed by atoms with Crippen molar-refractivity contribution in [1.82, 2.24) is 14.9 Å². The molecule has 142 valence electrons. The van der Waals surface area contributed by atoms with E-state index in [1.165, 1.54) is 0 Å². The van der Waals surface area contributed by atoms with Crippen molar-refractivity contribution in [3.05, 3.63) is 18.5 Å². The summed E-state index contributed by atoms with van der Waals surface area (Å²) in [6, 6.07) is 1.76. The molecule has 26 heavy (non-hydrogen) atoms. The third kappa shape index (κ3) is 3.59. The van der Waals surface area contributed by atoms with Crippen LogP contribution in [0.3, 0.4) is 0 Å². The first-order chi connectivity index (χ1) is 12.2. The van der Waals surface area contributed by atoms with Gasteiger partial charge in [0.25, 0.3) is 0 Å². The first kappa shape index (κ1) is 18.4. The van der Waals surface area contributed by atoms with E-state index in [1.54, 1.807) is 30.3 Å². The summed E-state index contributed by atoms with van der Waals surface area (Å²) >= 11 is 0. The normalized spacial score (nSPS) is 21.5. The van der Waals surface area contributed by atoms with Crippen LogP contribution in [0.2, 0.25) is 0 Å². The summed E-state index contributed by atoms with van der Waals surface area (Å²) in [5, 5.41) is 0. The fourth-order valence-electron chi connectivity index (χ4n) is 3.63. The number of anilines is 1. The highest BCUT2D eigenvalue weighted by atomic mass is 16.6. The monoisotopic (exact) mass is 362 g/mol. The molecule has 1 unspecified atom stereocenters. The maximum Gasteiger partial charge on any atom is 0.410 e. The van der Waals surface area contributed by atoms with Gasteiger partial charge in [0.2, 0.25) is 5.95 Å². The average molecular weight is 362 g/mol. The summed E-state index contributed by atoms with van der Waals surface area (Å²) in [5.41, 5.74) is -0.919. The van der Waals surface area contributed by atoms with E-state index < -0.39 is 11.7 Å². The second kappa shape index (κ2) is 6.74. The number of nitrogens with zero attached hydrogens (tertiary/aromatic N) is 4. The molecule has 8 heteroatoms. The molecule has 0 N–H and O–H groups in total. The number of hydrogen-bond donors (Lipinski definition) is 0. The molecule has 0 radical (unpaired) electrons. The highest BCUT2D eigenvalue weighted by Crippen LogP contribution is 2.45. The number of amides is 1. The first-order valence-electron chi connectivity index (χ1n) is 8.91.